The van der Waals surface area contributed by atoms with Gasteiger partial charge < -0.3 is 10.1 Å². The van der Waals surface area contributed by atoms with E-state index in [2.05, 4.69) is 15.6 Å². The first-order valence-electron chi connectivity index (χ1n) is 8.32. The fourth-order valence-corrected chi connectivity index (χ4v) is 2.92. The molecule has 0 aliphatic heterocycles. The van der Waals surface area contributed by atoms with Gasteiger partial charge in [0.25, 0.3) is 11.8 Å². The summed E-state index contributed by atoms with van der Waals surface area (Å²) in [6.07, 6.45) is 1.62. The summed E-state index contributed by atoms with van der Waals surface area (Å²) in [5, 5.41) is 7.76. The minimum Gasteiger partial charge on any atom is -0.483 e. The van der Waals surface area contributed by atoms with Gasteiger partial charge in [-0.15, -0.1) is 11.3 Å². The lowest BCUT2D eigenvalue weighted by atomic mass is 10.1. The van der Waals surface area contributed by atoms with Gasteiger partial charge in [-0.3, -0.25) is 14.9 Å². The molecule has 0 bridgehead atoms. The monoisotopic (exact) mass is 381 g/mol. The second-order valence-corrected chi connectivity index (χ2v) is 6.87. The van der Waals surface area contributed by atoms with Gasteiger partial charge in [0.1, 0.15) is 5.75 Å². The smallest absolute Gasteiger partial charge is 0.262 e. The Morgan fingerprint density at radius 1 is 1.11 bits per heavy atom. The quantitative estimate of drug-likeness (QED) is 0.676. The maximum atomic E-state index is 12.2. The Hall–Kier alpha value is -3.19. The third-order valence-corrected chi connectivity index (χ3v) is 4.45. The van der Waals surface area contributed by atoms with E-state index in [4.69, 9.17) is 4.74 Å². The first-order valence-corrected chi connectivity index (χ1v) is 9.20. The molecule has 2 aromatic carbocycles. The van der Waals surface area contributed by atoms with Crippen molar-refractivity contribution in [1.29, 1.82) is 0 Å². The second kappa shape index (κ2) is 8.46. The Labute approximate surface area is 161 Å². The molecule has 0 saturated heterocycles. The van der Waals surface area contributed by atoms with Gasteiger partial charge in [-0.1, -0.05) is 18.2 Å². The standard InChI is InChI=1S/C20H19N3O3S/c1-13-6-7-14(2)17(10-13)26-12-18(24)22-16-5-3-4-15(11-16)19(25)23-20-21-8-9-27-20/h3-11H,12H2,1-2H3,(H,22,24)(H,21,23,25). The first-order chi connectivity index (χ1) is 13.0. The topological polar surface area (TPSA) is 80.3 Å². The number of aryl methyl sites for hydroxylation is 2. The van der Waals surface area contributed by atoms with E-state index in [0.717, 1.165) is 11.1 Å². The SMILES string of the molecule is Cc1ccc(C)c(OCC(=O)Nc2cccc(C(=O)Nc3nccs3)c2)c1. The molecule has 0 unspecified atom stereocenters. The molecule has 0 fully saturated rings. The zero-order valence-corrected chi connectivity index (χ0v) is 15.8. The molecular formula is C20H19N3O3S. The molecule has 2 N–H and O–H groups in total. The molecule has 0 spiro atoms. The van der Waals surface area contributed by atoms with Crippen LogP contribution < -0.4 is 15.4 Å². The highest BCUT2D eigenvalue weighted by atomic mass is 32.1. The van der Waals surface area contributed by atoms with Crippen molar-refractivity contribution in [2.75, 3.05) is 17.2 Å². The van der Waals surface area contributed by atoms with Gasteiger partial charge in [-0.2, -0.15) is 0 Å². The van der Waals surface area contributed by atoms with Crippen LogP contribution in [0.1, 0.15) is 21.5 Å². The van der Waals surface area contributed by atoms with E-state index < -0.39 is 0 Å². The lowest BCUT2D eigenvalue weighted by Gasteiger charge is -2.11. The number of nitrogens with zero attached hydrogens (tertiary/aromatic N) is 1. The first kappa shape index (κ1) is 18.6. The van der Waals surface area contributed by atoms with Crippen LogP contribution in [0, 0.1) is 13.8 Å². The summed E-state index contributed by atoms with van der Waals surface area (Å²) in [6.45, 7) is 3.78. The van der Waals surface area contributed by atoms with Crippen molar-refractivity contribution in [2.24, 2.45) is 0 Å². The minimum atomic E-state index is -0.298. The number of rotatable bonds is 6. The number of benzene rings is 2. The highest BCUT2D eigenvalue weighted by molar-refractivity contribution is 7.13. The molecule has 0 radical (unpaired) electrons. The molecule has 3 aromatic rings. The summed E-state index contributed by atoms with van der Waals surface area (Å²) in [6, 6.07) is 12.5. The van der Waals surface area contributed by atoms with E-state index in [1.807, 2.05) is 32.0 Å². The van der Waals surface area contributed by atoms with Crippen LogP contribution in [-0.2, 0) is 4.79 Å². The normalized spacial score (nSPS) is 10.3. The molecule has 0 aliphatic carbocycles. The maximum absolute atomic E-state index is 12.2. The molecule has 6 nitrogen and oxygen atoms in total. The number of anilines is 2. The van der Waals surface area contributed by atoms with E-state index in [1.165, 1.54) is 11.3 Å². The van der Waals surface area contributed by atoms with Crippen LogP contribution >= 0.6 is 11.3 Å². The number of aromatic nitrogens is 1. The van der Waals surface area contributed by atoms with Crippen molar-refractivity contribution in [3.05, 3.63) is 70.7 Å². The van der Waals surface area contributed by atoms with Crippen LogP contribution in [0.4, 0.5) is 10.8 Å². The predicted octanol–water partition coefficient (Wildman–Crippen LogP) is 4.03. The van der Waals surface area contributed by atoms with E-state index in [-0.39, 0.29) is 18.4 Å². The molecule has 0 atom stereocenters. The summed E-state index contributed by atoms with van der Waals surface area (Å²) < 4.78 is 5.60. The number of hydrogen-bond donors (Lipinski definition) is 2. The fraction of sp³-hybridized carbons (Fsp3) is 0.150. The van der Waals surface area contributed by atoms with Crippen LogP contribution in [-0.4, -0.2) is 23.4 Å². The molecule has 27 heavy (non-hydrogen) atoms. The Morgan fingerprint density at radius 3 is 2.74 bits per heavy atom. The molecule has 0 saturated carbocycles. The molecule has 2 amide bonds. The van der Waals surface area contributed by atoms with Gasteiger partial charge in [0.05, 0.1) is 0 Å². The molecule has 3 rings (SSSR count). The Bertz CT molecular complexity index is 955. The number of carbonyl (C=O) groups is 2. The van der Waals surface area contributed by atoms with Crippen LogP contribution in [0.15, 0.2) is 54.0 Å². The van der Waals surface area contributed by atoms with Crippen LogP contribution in [0.25, 0.3) is 0 Å². The van der Waals surface area contributed by atoms with Gasteiger partial charge in [0.2, 0.25) is 0 Å². The van der Waals surface area contributed by atoms with Crippen LogP contribution in [0.5, 0.6) is 5.75 Å². The van der Waals surface area contributed by atoms with E-state index in [9.17, 15) is 9.59 Å². The predicted molar refractivity (Wildman–Crippen MR) is 107 cm³/mol. The third kappa shape index (κ3) is 5.15. The summed E-state index contributed by atoms with van der Waals surface area (Å²) in [4.78, 5) is 28.4. The number of nitrogens with one attached hydrogen (secondary N) is 2. The average Bonchev–Trinajstić information content (AvgIpc) is 3.15. The van der Waals surface area contributed by atoms with E-state index in [1.54, 1.807) is 35.8 Å². The summed E-state index contributed by atoms with van der Waals surface area (Å²) >= 11 is 1.34. The molecule has 0 aliphatic rings. The summed E-state index contributed by atoms with van der Waals surface area (Å²) in [5.74, 6) is 0.0998. The largest absolute Gasteiger partial charge is 0.483 e. The van der Waals surface area contributed by atoms with E-state index in [0.29, 0.717) is 22.1 Å². The van der Waals surface area contributed by atoms with Crippen molar-refractivity contribution in [3.63, 3.8) is 0 Å². The average molecular weight is 381 g/mol. The Morgan fingerprint density at radius 2 is 1.96 bits per heavy atom. The second-order valence-electron chi connectivity index (χ2n) is 5.98. The molecular weight excluding hydrogens is 362 g/mol. The van der Waals surface area contributed by atoms with Crippen molar-refractivity contribution in [2.45, 2.75) is 13.8 Å². The van der Waals surface area contributed by atoms with Gasteiger partial charge in [0, 0.05) is 22.8 Å². The summed E-state index contributed by atoms with van der Waals surface area (Å²) in [7, 11) is 0. The Kier molecular flexibility index (Phi) is 5.83. The zero-order valence-electron chi connectivity index (χ0n) is 15.0. The van der Waals surface area contributed by atoms with Gasteiger partial charge in [-0.25, -0.2) is 4.98 Å². The zero-order chi connectivity index (χ0) is 19.2. The lowest BCUT2D eigenvalue weighted by molar-refractivity contribution is -0.118. The highest BCUT2D eigenvalue weighted by Crippen LogP contribution is 2.19. The Balaban J connectivity index is 1.59. The van der Waals surface area contributed by atoms with Crippen molar-refractivity contribution in [1.82, 2.24) is 4.98 Å². The number of thiazole rings is 1. The van der Waals surface area contributed by atoms with Crippen molar-refractivity contribution >= 4 is 34.0 Å². The summed E-state index contributed by atoms with van der Waals surface area (Å²) in [5.41, 5.74) is 2.99. The fourth-order valence-electron chi connectivity index (χ4n) is 2.40. The van der Waals surface area contributed by atoms with Crippen molar-refractivity contribution < 1.29 is 14.3 Å². The molecule has 7 heteroatoms. The lowest BCUT2D eigenvalue weighted by Crippen LogP contribution is -2.21. The minimum absolute atomic E-state index is 0.111. The van der Waals surface area contributed by atoms with E-state index >= 15 is 0 Å². The van der Waals surface area contributed by atoms with Gasteiger partial charge in [0.15, 0.2) is 11.7 Å². The highest BCUT2D eigenvalue weighted by Gasteiger charge is 2.10. The third-order valence-electron chi connectivity index (χ3n) is 3.76. The molecule has 1 aromatic heterocycles. The molecule has 138 valence electrons. The number of amides is 2. The van der Waals surface area contributed by atoms with Crippen molar-refractivity contribution in [3.8, 4) is 5.75 Å². The maximum Gasteiger partial charge on any atom is 0.262 e. The van der Waals surface area contributed by atoms with Gasteiger partial charge >= 0.3 is 0 Å². The number of hydrogen-bond acceptors (Lipinski definition) is 5. The number of ether oxygens (including phenoxy) is 1. The van der Waals surface area contributed by atoms with Gasteiger partial charge in [-0.05, 0) is 49.2 Å². The number of carbonyl (C=O) groups excluding carboxylic acids is 2. The van der Waals surface area contributed by atoms with Crippen LogP contribution in [0.3, 0.4) is 0 Å². The van der Waals surface area contributed by atoms with Crippen LogP contribution in [0.2, 0.25) is 0 Å². The molecule has 1 heterocycles.